The maximum absolute atomic E-state index is 5.86. The Morgan fingerprint density at radius 2 is 1.95 bits per heavy atom. The first-order valence-electron chi connectivity index (χ1n) is 7.16. The Balaban J connectivity index is 2.02. The molecule has 0 fully saturated rings. The first kappa shape index (κ1) is 15.8. The SMILES string of the molecule is CCCc1cccc(C(COc2ccc(Cl)cc2)NN)c1. The van der Waals surface area contributed by atoms with Gasteiger partial charge in [0.2, 0.25) is 0 Å². The normalized spacial score (nSPS) is 12.1. The van der Waals surface area contributed by atoms with Crippen molar-refractivity contribution in [2.75, 3.05) is 6.61 Å². The van der Waals surface area contributed by atoms with Crippen molar-refractivity contribution in [2.45, 2.75) is 25.8 Å². The number of nitrogens with one attached hydrogen (secondary N) is 1. The zero-order valence-corrected chi connectivity index (χ0v) is 12.9. The zero-order chi connectivity index (χ0) is 15.1. The third-order valence-electron chi connectivity index (χ3n) is 3.32. The summed E-state index contributed by atoms with van der Waals surface area (Å²) in [5, 5.41) is 0.697. The molecule has 0 aromatic heterocycles. The van der Waals surface area contributed by atoms with Crippen molar-refractivity contribution in [1.82, 2.24) is 5.43 Å². The van der Waals surface area contributed by atoms with E-state index in [2.05, 4.69) is 36.6 Å². The van der Waals surface area contributed by atoms with Crippen LogP contribution in [0.25, 0.3) is 0 Å². The summed E-state index contributed by atoms with van der Waals surface area (Å²) in [5.41, 5.74) is 5.28. The fourth-order valence-corrected chi connectivity index (χ4v) is 2.33. The quantitative estimate of drug-likeness (QED) is 0.603. The van der Waals surface area contributed by atoms with E-state index in [4.69, 9.17) is 22.2 Å². The summed E-state index contributed by atoms with van der Waals surface area (Å²) >= 11 is 5.86. The highest BCUT2D eigenvalue weighted by Gasteiger charge is 2.11. The molecule has 4 heteroatoms. The lowest BCUT2D eigenvalue weighted by Crippen LogP contribution is -2.32. The van der Waals surface area contributed by atoms with E-state index in [-0.39, 0.29) is 6.04 Å². The average molecular weight is 305 g/mol. The largest absolute Gasteiger partial charge is 0.492 e. The van der Waals surface area contributed by atoms with Crippen molar-refractivity contribution < 1.29 is 4.74 Å². The maximum atomic E-state index is 5.86. The molecule has 0 saturated carbocycles. The Kier molecular flexibility index (Phi) is 6.05. The van der Waals surface area contributed by atoms with E-state index in [0.29, 0.717) is 11.6 Å². The molecule has 112 valence electrons. The molecule has 1 unspecified atom stereocenters. The van der Waals surface area contributed by atoms with Crippen LogP contribution in [0.2, 0.25) is 5.02 Å². The molecule has 0 heterocycles. The predicted octanol–water partition coefficient (Wildman–Crippen LogP) is 3.88. The third kappa shape index (κ3) is 4.74. The second-order valence-corrected chi connectivity index (χ2v) is 5.42. The molecule has 0 bridgehead atoms. The number of hydrogen-bond donors (Lipinski definition) is 2. The van der Waals surface area contributed by atoms with E-state index in [1.54, 1.807) is 0 Å². The van der Waals surface area contributed by atoms with Crippen LogP contribution in [0.3, 0.4) is 0 Å². The molecule has 3 nitrogen and oxygen atoms in total. The van der Waals surface area contributed by atoms with Gasteiger partial charge in [0.1, 0.15) is 12.4 Å². The second-order valence-electron chi connectivity index (χ2n) is 4.98. The van der Waals surface area contributed by atoms with Crippen molar-refractivity contribution >= 4 is 11.6 Å². The topological polar surface area (TPSA) is 47.3 Å². The fourth-order valence-electron chi connectivity index (χ4n) is 2.20. The lowest BCUT2D eigenvalue weighted by Gasteiger charge is -2.18. The molecule has 0 radical (unpaired) electrons. The van der Waals surface area contributed by atoms with E-state index in [0.717, 1.165) is 24.2 Å². The van der Waals surface area contributed by atoms with Gasteiger partial charge in [0.15, 0.2) is 0 Å². The summed E-state index contributed by atoms with van der Waals surface area (Å²) in [6.45, 7) is 2.64. The first-order valence-corrected chi connectivity index (χ1v) is 7.54. The Morgan fingerprint density at radius 1 is 1.19 bits per heavy atom. The van der Waals surface area contributed by atoms with E-state index in [9.17, 15) is 0 Å². The van der Waals surface area contributed by atoms with Gasteiger partial charge in [0.05, 0.1) is 6.04 Å². The summed E-state index contributed by atoms with van der Waals surface area (Å²) in [4.78, 5) is 0. The van der Waals surface area contributed by atoms with E-state index < -0.39 is 0 Å². The highest BCUT2D eigenvalue weighted by Crippen LogP contribution is 2.19. The molecule has 2 aromatic carbocycles. The highest BCUT2D eigenvalue weighted by atomic mass is 35.5. The standard InChI is InChI=1S/C17H21ClN2O/c1-2-4-13-5-3-6-14(11-13)17(20-19)12-21-16-9-7-15(18)8-10-16/h3,5-11,17,20H,2,4,12,19H2,1H3. The number of benzene rings is 2. The van der Waals surface area contributed by atoms with Crippen LogP contribution in [0.5, 0.6) is 5.75 Å². The van der Waals surface area contributed by atoms with Gasteiger partial charge in [0.25, 0.3) is 0 Å². The zero-order valence-electron chi connectivity index (χ0n) is 12.2. The molecule has 1 atom stereocenters. The number of aryl methyl sites for hydroxylation is 1. The van der Waals surface area contributed by atoms with Gasteiger partial charge < -0.3 is 4.74 Å². The molecule has 0 aliphatic rings. The summed E-state index contributed by atoms with van der Waals surface area (Å²) in [6, 6.07) is 15.7. The summed E-state index contributed by atoms with van der Waals surface area (Å²) in [6.07, 6.45) is 2.20. The monoisotopic (exact) mass is 304 g/mol. The molecule has 0 spiro atoms. The van der Waals surface area contributed by atoms with Gasteiger partial charge in [-0.1, -0.05) is 49.2 Å². The van der Waals surface area contributed by atoms with Gasteiger partial charge in [-0.3, -0.25) is 5.84 Å². The second kappa shape index (κ2) is 8.03. The lowest BCUT2D eigenvalue weighted by atomic mass is 10.0. The van der Waals surface area contributed by atoms with Crippen LogP contribution in [0.15, 0.2) is 48.5 Å². The lowest BCUT2D eigenvalue weighted by molar-refractivity contribution is 0.267. The van der Waals surface area contributed by atoms with Crippen molar-refractivity contribution in [1.29, 1.82) is 0 Å². The van der Waals surface area contributed by atoms with Gasteiger partial charge in [-0.25, -0.2) is 5.43 Å². The van der Waals surface area contributed by atoms with Crippen LogP contribution in [0.1, 0.15) is 30.5 Å². The minimum Gasteiger partial charge on any atom is -0.492 e. The number of rotatable bonds is 7. The maximum Gasteiger partial charge on any atom is 0.119 e. The Morgan fingerprint density at radius 3 is 2.62 bits per heavy atom. The fraction of sp³-hybridized carbons (Fsp3) is 0.294. The average Bonchev–Trinajstić information content (AvgIpc) is 2.50. The van der Waals surface area contributed by atoms with Crippen molar-refractivity contribution in [3.63, 3.8) is 0 Å². The summed E-state index contributed by atoms with van der Waals surface area (Å²) < 4.78 is 5.77. The molecule has 0 aliphatic heterocycles. The molecule has 2 rings (SSSR count). The third-order valence-corrected chi connectivity index (χ3v) is 3.58. The van der Waals surface area contributed by atoms with Gasteiger partial charge in [0, 0.05) is 5.02 Å². The van der Waals surface area contributed by atoms with Crippen LogP contribution in [-0.2, 0) is 6.42 Å². The van der Waals surface area contributed by atoms with Crippen molar-refractivity contribution in [3.8, 4) is 5.75 Å². The minimum absolute atomic E-state index is 0.0440. The Hall–Kier alpha value is -1.55. The smallest absolute Gasteiger partial charge is 0.119 e. The van der Waals surface area contributed by atoms with Gasteiger partial charge in [-0.05, 0) is 41.8 Å². The predicted molar refractivity (Wildman–Crippen MR) is 87.4 cm³/mol. The van der Waals surface area contributed by atoms with Crippen LogP contribution < -0.4 is 16.0 Å². The summed E-state index contributed by atoms with van der Waals surface area (Å²) in [5.74, 6) is 6.45. The van der Waals surface area contributed by atoms with Crippen LogP contribution in [0.4, 0.5) is 0 Å². The summed E-state index contributed by atoms with van der Waals surface area (Å²) in [7, 11) is 0. The highest BCUT2D eigenvalue weighted by molar-refractivity contribution is 6.30. The van der Waals surface area contributed by atoms with Crippen molar-refractivity contribution in [3.05, 3.63) is 64.7 Å². The molecule has 0 saturated heterocycles. The van der Waals surface area contributed by atoms with Crippen LogP contribution in [-0.4, -0.2) is 6.61 Å². The van der Waals surface area contributed by atoms with Gasteiger partial charge in [-0.15, -0.1) is 0 Å². The Bertz CT molecular complexity index is 557. The molecule has 21 heavy (non-hydrogen) atoms. The molecular weight excluding hydrogens is 284 g/mol. The van der Waals surface area contributed by atoms with E-state index >= 15 is 0 Å². The number of halogens is 1. The minimum atomic E-state index is -0.0440. The van der Waals surface area contributed by atoms with Gasteiger partial charge in [-0.2, -0.15) is 0 Å². The molecule has 3 N–H and O–H groups in total. The van der Waals surface area contributed by atoms with E-state index in [1.807, 2.05) is 24.3 Å². The Labute approximate surface area is 131 Å². The number of hydrazine groups is 1. The van der Waals surface area contributed by atoms with Crippen LogP contribution >= 0.6 is 11.6 Å². The number of nitrogens with two attached hydrogens (primary N) is 1. The molecule has 0 aliphatic carbocycles. The first-order chi connectivity index (χ1) is 10.2. The molecule has 0 amide bonds. The molecular formula is C17H21ClN2O. The van der Waals surface area contributed by atoms with Crippen molar-refractivity contribution in [2.24, 2.45) is 5.84 Å². The number of hydrogen-bond acceptors (Lipinski definition) is 3. The van der Waals surface area contributed by atoms with Crippen LogP contribution in [0, 0.1) is 0 Å². The molecule has 2 aromatic rings. The van der Waals surface area contributed by atoms with Gasteiger partial charge >= 0.3 is 0 Å². The van der Waals surface area contributed by atoms with E-state index in [1.165, 1.54) is 5.56 Å². The number of ether oxygens (including phenoxy) is 1.